The first-order valence-electron chi connectivity index (χ1n) is 7.84. The molecular weight excluding hydrogens is 314 g/mol. The standard InChI is InChI=1S/C18H18F2N2O2/c1-12-15(7-9-24-12)18(23)22(11-14-4-2-3-8-21-14)17-6-5-13(19)10-16(17)20/h2-6,8,10,12,15H,7,9,11H2,1H3. The zero-order valence-corrected chi connectivity index (χ0v) is 13.3. The number of carbonyl (C=O) groups excluding carboxylic acids is 1. The van der Waals surface area contributed by atoms with Crippen molar-refractivity contribution in [2.75, 3.05) is 11.5 Å². The first kappa shape index (κ1) is 16.5. The molecule has 0 saturated carbocycles. The highest BCUT2D eigenvalue weighted by Crippen LogP contribution is 2.28. The Bertz CT molecular complexity index is 724. The third kappa shape index (κ3) is 3.43. The molecule has 0 spiro atoms. The van der Waals surface area contributed by atoms with Crippen LogP contribution in [-0.4, -0.2) is 23.6 Å². The van der Waals surface area contributed by atoms with Gasteiger partial charge in [-0.05, 0) is 37.6 Å². The molecule has 0 aliphatic carbocycles. The summed E-state index contributed by atoms with van der Waals surface area (Å²) in [6.45, 7) is 2.45. The van der Waals surface area contributed by atoms with Gasteiger partial charge in [-0.1, -0.05) is 6.07 Å². The second-order valence-corrected chi connectivity index (χ2v) is 5.81. The van der Waals surface area contributed by atoms with Crippen molar-refractivity contribution >= 4 is 11.6 Å². The Morgan fingerprint density at radius 1 is 1.33 bits per heavy atom. The predicted molar refractivity (Wildman–Crippen MR) is 85.3 cm³/mol. The van der Waals surface area contributed by atoms with Gasteiger partial charge in [0.1, 0.15) is 11.6 Å². The van der Waals surface area contributed by atoms with Crippen LogP contribution in [0.2, 0.25) is 0 Å². The third-order valence-electron chi connectivity index (χ3n) is 4.21. The fourth-order valence-corrected chi connectivity index (χ4v) is 2.89. The summed E-state index contributed by atoms with van der Waals surface area (Å²) < 4.78 is 32.9. The molecule has 1 fully saturated rings. The van der Waals surface area contributed by atoms with Crippen molar-refractivity contribution in [2.45, 2.75) is 26.0 Å². The SMILES string of the molecule is CC1OCCC1C(=O)N(Cc1ccccn1)c1ccc(F)cc1F. The van der Waals surface area contributed by atoms with Crippen LogP contribution in [0.4, 0.5) is 14.5 Å². The minimum atomic E-state index is -0.772. The van der Waals surface area contributed by atoms with Crippen molar-refractivity contribution in [3.63, 3.8) is 0 Å². The van der Waals surface area contributed by atoms with Gasteiger partial charge in [-0.15, -0.1) is 0 Å². The summed E-state index contributed by atoms with van der Waals surface area (Å²) in [5.41, 5.74) is 0.673. The van der Waals surface area contributed by atoms with Crippen molar-refractivity contribution in [3.05, 3.63) is 59.9 Å². The molecule has 0 radical (unpaired) electrons. The van der Waals surface area contributed by atoms with Gasteiger partial charge in [0.15, 0.2) is 0 Å². The average Bonchev–Trinajstić information content (AvgIpc) is 3.00. The molecule has 1 aromatic carbocycles. The summed E-state index contributed by atoms with van der Waals surface area (Å²) in [7, 11) is 0. The summed E-state index contributed by atoms with van der Waals surface area (Å²) in [6.07, 6.45) is 1.97. The van der Waals surface area contributed by atoms with Crippen molar-refractivity contribution in [1.82, 2.24) is 4.98 Å². The summed E-state index contributed by atoms with van der Waals surface area (Å²) in [6, 6.07) is 8.53. The number of pyridine rings is 1. The van der Waals surface area contributed by atoms with E-state index in [1.807, 2.05) is 6.92 Å². The van der Waals surface area contributed by atoms with Gasteiger partial charge in [0, 0.05) is 18.9 Å². The quantitative estimate of drug-likeness (QED) is 0.862. The number of carbonyl (C=O) groups is 1. The molecular formula is C18H18F2N2O2. The average molecular weight is 332 g/mol. The van der Waals surface area contributed by atoms with Gasteiger partial charge in [0.25, 0.3) is 0 Å². The van der Waals surface area contributed by atoms with Gasteiger partial charge >= 0.3 is 0 Å². The zero-order valence-electron chi connectivity index (χ0n) is 13.3. The lowest BCUT2D eigenvalue weighted by molar-refractivity contribution is -0.123. The normalized spacial score (nSPS) is 20.1. The van der Waals surface area contributed by atoms with Crippen LogP contribution in [0.15, 0.2) is 42.6 Å². The van der Waals surface area contributed by atoms with Gasteiger partial charge < -0.3 is 9.64 Å². The molecule has 1 aliphatic heterocycles. The van der Waals surface area contributed by atoms with Crippen LogP contribution < -0.4 is 4.90 Å². The topological polar surface area (TPSA) is 42.4 Å². The first-order chi connectivity index (χ1) is 11.6. The van der Waals surface area contributed by atoms with Gasteiger partial charge in [0.05, 0.1) is 29.9 Å². The number of rotatable bonds is 4. The van der Waals surface area contributed by atoms with Gasteiger partial charge in [0.2, 0.25) is 5.91 Å². The van der Waals surface area contributed by atoms with E-state index in [2.05, 4.69) is 4.98 Å². The van der Waals surface area contributed by atoms with E-state index in [0.717, 1.165) is 12.1 Å². The zero-order chi connectivity index (χ0) is 17.1. The number of hydrogen-bond donors (Lipinski definition) is 0. The second-order valence-electron chi connectivity index (χ2n) is 5.81. The Labute approximate surface area is 139 Å². The first-order valence-corrected chi connectivity index (χ1v) is 7.84. The van der Waals surface area contributed by atoms with Crippen LogP contribution in [0.25, 0.3) is 0 Å². The molecule has 2 aromatic rings. The van der Waals surface area contributed by atoms with Crippen LogP contribution in [0.3, 0.4) is 0 Å². The Morgan fingerprint density at radius 2 is 2.17 bits per heavy atom. The third-order valence-corrected chi connectivity index (χ3v) is 4.21. The van der Waals surface area contributed by atoms with Gasteiger partial charge in [-0.25, -0.2) is 8.78 Å². The van der Waals surface area contributed by atoms with Crippen LogP contribution in [0.1, 0.15) is 19.0 Å². The van der Waals surface area contributed by atoms with E-state index in [-0.39, 0.29) is 30.2 Å². The molecule has 1 aromatic heterocycles. The number of nitrogens with zero attached hydrogens (tertiary/aromatic N) is 2. The lowest BCUT2D eigenvalue weighted by atomic mass is 10.0. The van der Waals surface area contributed by atoms with E-state index in [0.29, 0.717) is 18.7 Å². The van der Waals surface area contributed by atoms with E-state index >= 15 is 0 Å². The van der Waals surface area contributed by atoms with Crippen LogP contribution in [0, 0.1) is 17.6 Å². The lowest BCUT2D eigenvalue weighted by Crippen LogP contribution is -2.39. The number of hydrogen-bond acceptors (Lipinski definition) is 3. The maximum Gasteiger partial charge on any atom is 0.233 e. The number of amides is 1. The van der Waals surface area contributed by atoms with E-state index in [9.17, 15) is 13.6 Å². The van der Waals surface area contributed by atoms with Crippen molar-refractivity contribution in [3.8, 4) is 0 Å². The molecule has 3 rings (SSSR count). The van der Waals surface area contributed by atoms with Gasteiger partial charge in [-0.3, -0.25) is 9.78 Å². The maximum absolute atomic E-state index is 14.3. The summed E-state index contributed by atoms with van der Waals surface area (Å²) in [4.78, 5) is 18.5. The highest BCUT2D eigenvalue weighted by molar-refractivity contribution is 5.95. The Hall–Kier alpha value is -2.34. The summed E-state index contributed by atoms with van der Waals surface area (Å²) >= 11 is 0. The highest BCUT2D eigenvalue weighted by atomic mass is 19.1. The fourth-order valence-electron chi connectivity index (χ4n) is 2.89. The Kier molecular flexibility index (Phi) is 4.85. The van der Waals surface area contributed by atoms with E-state index in [1.165, 1.54) is 11.0 Å². The molecule has 1 saturated heterocycles. The monoisotopic (exact) mass is 332 g/mol. The maximum atomic E-state index is 14.3. The van der Waals surface area contributed by atoms with Gasteiger partial charge in [-0.2, -0.15) is 0 Å². The van der Waals surface area contributed by atoms with Crippen LogP contribution in [0.5, 0.6) is 0 Å². The minimum Gasteiger partial charge on any atom is -0.378 e. The Morgan fingerprint density at radius 3 is 2.79 bits per heavy atom. The fraction of sp³-hybridized carbons (Fsp3) is 0.333. The highest BCUT2D eigenvalue weighted by Gasteiger charge is 2.35. The molecule has 1 amide bonds. The van der Waals surface area contributed by atoms with Crippen molar-refractivity contribution in [2.24, 2.45) is 5.92 Å². The second kappa shape index (κ2) is 7.05. The number of aromatic nitrogens is 1. The number of anilines is 1. The molecule has 4 nitrogen and oxygen atoms in total. The molecule has 6 heteroatoms. The number of halogens is 2. The summed E-state index contributed by atoms with van der Waals surface area (Å²) in [5.74, 6) is -2.04. The van der Waals surface area contributed by atoms with E-state index in [1.54, 1.807) is 24.4 Å². The molecule has 2 atom stereocenters. The van der Waals surface area contributed by atoms with Crippen molar-refractivity contribution < 1.29 is 18.3 Å². The minimum absolute atomic E-state index is 0.0474. The largest absolute Gasteiger partial charge is 0.378 e. The number of benzene rings is 1. The van der Waals surface area contributed by atoms with Crippen LogP contribution >= 0.6 is 0 Å². The molecule has 0 bridgehead atoms. The smallest absolute Gasteiger partial charge is 0.233 e. The van der Waals surface area contributed by atoms with Crippen molar-refractivity contribution in [1.29, 1.82) is 0 Å². The predicted octanol–water partition coefficient (Wildman–Crippen LogP) is 3.32. The molecule has 0 N–H and O–H groups in total. The Balaban J connectivity index is 1.95. The molecule has 1 aliphatic rings. The molecule has 24 heavy (non-hydrogen) atoms. The molecule has 2 heterocycles. The van der Waals surface area contributed by atoms with Crippen LogP contribution in [-0.2, 0) is 16.1 Å². The lowest BCUT2D eigenvalue weighted by Gasteiger charge is -2.27. The van der Waals surface area contributed by atoms with E-state index in [4.69, 9.17) is 4.74 Å². The summed E-state index contributed by atoms with van der Waals surface area (Å²) in [5, 5.41) is 0. The molecule has 126 valence electrons. The van der Waals surface area contributed by atoms with E-state index < -0.39 is 11.6 Å². The number of ether oxygens (including phenoxy) is 1. The molecule has 2 unspecified atom stereocenters.